The normalized spacial score (nSPS) is 54.5. The molecule has 0 spiro atoms. The first-order chi connectivity index (χ1) is 11.6. The van der Waals surface area contributed by atoms with Gasteiger partial charge in [0, 0.05) is 6.42 Å². The third-order valence-electron chi connectivity index (χ3n) is 8.63. The average molecular weight is 321 g/mol. The highest BCUT2D eigenvalue weighted by atomic mass is 16.1. The van der Waals surface area contributed by atoms with Crippen LogP contribution in [0.1, 0.15) is 45.4 Å². The number of nitriles is 1. The molecule has 0 aromatic heterocycles. The molecule has 5 aliphatic carbocycles. The number of ketones is 1. The zero-order valence-corrected chi connectivity index (χ0v) is 14.6. The van der Waals surface area contributed by atoms with Gasteiger partial charge in [0.25, 0.3) is 0 Å². The van der Waals surface area contributed by atoms with Gasteiger partial charge in [-0.2, -0.15) is 5.26 Å². The van der Waals surface area contributed by atoms with Crippen molar-refractivity contribution in [3.8, 4) is 6.07 Å². The Bertz CT molecular complexity index is 685. The van der Waals surface area contributed by atoms with Crippen LogP contribution in [0.25, 0.3) is 0 Å². The van der Waals surface area contributed by atoms with Gasteiger partial charge in [-0.05, 0) is 85.0 Å². The Hall–Kier alpha value is -1.36. The molecule has 4 fully saturated rings. The molecule has 0 aromatic carbocycles. The van der Waals surface area contributed by atoms with Gasteiger partial charge in [-0.25, -0.2) is 0 Å². The molecular weight excluding hydrogens is 294 g/mol. The lowest BCUT2D eigenvalue weighted by molar-refractivity contribution is -0.116. The number of allylic oxidation sites excluding steroid dienone is 2. The van der Waals surface area contributed by atoms with E-state index in [-0.39, 0.29) is 11.3 Å². The molecule has 0 aliphatic heterocycles. The fourth-order valence-electron chi connectivity index (χ4n) is 7.71. The van der Waals surface area contributed by atoms with Crippen LogP contribution in [0.3, 0.4) is 0 Å². The number of nitrogens with zero attached hydrogens (tertiary/aromatic N) is 1. The topological polar surface area (TPSA) is 40.9 Å². The number of carbonyl (C=O) groups excluding carboxylic acids is 1. The largest absolute Gasteiger partial charge is 0.295 e. The summed E-state index contributed by atoms with van der Waals surface area (Å²) in [5.41, 5.74) is 1.65. The molecule has 126 valence electrons. The second-order valence-corrected chi connectivity index (χ2v) is 9.42. The monoisotopic (exact) mass is 321 g/mol. The first kappa shape index (κ1) is 14.9. The van der Waals surface area contributed by atoms with Gasteiger partial charge in [0.2, 0.25) is 0 Å². The first-order valence-electron chi connectivity index (χ1n) is 9.84. The molecule has 5 rings (SSSR count). The molecule has 0 bridgehead atoms. The van der Waals surface area contributed by atoms with E-state index in [1.165, 1.54) is 24.8 Å². The molecule has 24 heavy (non-hydrogen) atoms. The summed E-state index contributed by atoms with van der Waals surface area (Å²) in [5.74, 6) is 5.36. The maximum absolute atomic E-state index is 11.9. The molecule has 0 unspecified atom stereocenters. The van der Waals surface area contributed by atoms with E-state index in [2.05, 4.69) is 25.6 Å². The van der Waals surface area contributed by atoms with Crippen LogP contribution in [0.15, 0.2) is 24.3 Å². The van der Waals surface area contributed by atoms with Gasteiger partial charge in [0.15, 0.2) is 5.78 Å². The van der Waals surface area contributed by atoms with Crippen LogP contribution in [0.2, 0.25) is 0 Å². The Morgan fingerprint density at radius 2 is 2.17 bits per heavy atom. The van der Waals surface area contributed by atoms with Crippen LogP contribution in [-0.2, 0) is 4.79 Å². The summed E-state index contributed by atoms with van der Waals surface area (Å²) >= 11 is 0. The van der Waals surface area contributed by atoms with Gasteiger partial charge < -0.3 is 0 Å². The van der Waals surface area contributed by atoms with Crippen molar-refractivity contribution in [1.82, 2.24) is 0 Å². The maximum Gasteiger partial charge on any atom is 0.155 e. The predicted octanol–water partition coefficient (Wildman–Crippen LogP) is 4.54. The van der Waals surface area contributed by atoms with Crippen LogP contribution in [0.4, 0.5) is 0 Å². The van der Waals surface area contributed by atoms with Crippen molar-refractivity contribution >= 4 is 5.78 Å². The molecule has 0 saturated heterocycles. The summed E-state index contributed by atoms with van der Waals surface area (Å²) in [6.07, 6.45) is 10.7. The summed E-state index contributed by atoms with van der Waals surface area (Å²) in [4.78, 5) is 11.9. The molecule has 9 atom stereocenters. The van der Waals surface area contributed by atoms with E-state index in [0.29, 0.717) is 35.4 Å². The van der Waals surface area contributed by atoms with Crippen LogP contribution >= 0.6 is 0 Å². The summed E-state index contributed by atoms with van der Waals surface area (Å²) < 4.78 is 0. The van der Waals surface area contributed by atoms with Gasteiger partial charge >= 0.3 is 0 Å². The van der Waals surface area contributed by atoms with Crippen molar-refractivity contribution in [2.45, 2.75) is 45.4 Å². The number of fused-ring (bicyclic) bond motifs is 7. The van der Waals surface area contributed by atoms with Gasteiger partial charge in [0.05, 0.1) is 12.0 Å². The summed E-state index contributed by atoms with van der Waals surface area (Å²) in [5, 5.41) is 9.79. The van der Waals surface area contributed by atoms with Crippen molar-refractivity contribution in [1.29, 1.82) is 5.26 Å². The number of carbonyl (C=O) groups is 1. The lowest BCUT2D eigenvalue weighted by Gasteiger charge is -2.56. The second kappa shape index (κ2) is 4.84. The Balaban J connectivity index is 1.56. The molecule has 2 nitrogen and oxygen atoms in total. The minimum atomic E-state index is 0.233. The highest BCUT2D eigenvalue weighted by Gasteiger charge is 2.70. The minimum absolute atomic E-state index is 0.233. The molecule has 4 saturated carbocycles. The highest BCUT2D eigenvalue weighted by molar-refractivity contribution is 5.91. The Morgan fingerprint density at radius 3 is 2.92 bits per heavy atom. The maximum atomic E-state index is 11.9. The smallest absolute Gasteiger partial charge is 0.155 e. The predicted molar refractivity (Wildman–Crippen MR) is 92.6 cm³/mol. The molecule has 5 aliphatic rings. The van der Waals surface area contributed by atoms with Gasteiger partial charge in [-0.15, -0.1) is 6.58 Å². The van der Waals surface area contributed by atoms with E-state index in [0.717, 1.165) is 31.1 Å². The van der Waals surface area contributed by atoms with Crippen LogP contribution in [0, 0.1) is 64.1 Å². The molecule has 0 radical (unpaired) electrons. The van der Waals surface area contributed by atoms with E-state index >= 15 is 0 Å². The fraction of sp³-hybridized carbons (Fsp3) is 0.727. The Labute approximate surface area is 145 Å². The van der Waals surface area contributed by atoms with E-state index in [9.17, 15) is 10.1 Å². The van der Waals surface area contributed by atoms with Crippen molar-refractivity contribution < 1.29 is 4.79 Å². The second-order valence-electron chi connectivity index (χ2n) is 9.42. The molecule has 0 amide bonds. The summed E-state index contributed by atoms with van der Waals surface area (Å²) in [7, 11) is 0. The number of rotatable bonds is 1. The average Bonchev–Trinajstić information content (AvgIpc) is 3.28. The third kappa shape index (κ3) is 1.74. The lowest BCUT2D eigenvalue weighted by Crippen LogP contribution is -2.50. The fourth-order valence-corrected chi connectivity index (χ4v) is 7.71. The van der Waals surface area contributed by atoms with E-state index < -0.39 is 0 Å². The zero-order valence-electron chi connectivity index (χ0n) is 14.6. The molecule has 0 N–H and O–H groups in total. The first-order valence-corrected chi connectivity index (χ1v) is 9.84. The third-order valence-corrected chi connectivity index (χ3v) is 8.63. The SMILES string of the molecule is C=C[C@@H]1CC2=CC(=O)CC[C@@H]2[C@H]2CC[C@@]3(C)[C@@H]([C@@H]4C[C@@H]4[C@@H]3C#N)[C@@H]21. The van der Waals surface area contributed by atoms with E-state index in [1.807, 2.05) is 6.08 Å². The standard InChI is InChI=1S/C22H27NO/c1-3-12-8-13-9-14(24)4-5-15(13)16-6-7-22(2)19(11-23)17-10-18(17)21(22)20(12)16/h3,9,12,15-21H,1,4-8,10H2,2H3/t12-,15+,16-,17+,18-,19+,20-,21+,22-/m1/s1. The lowest BCUT2D eigenvalue weighted by atomic mass is 9.47. The molecule has 0 heterocycles. The van der Waals surface area contributed by atoms with E-state index in [1.54, 1.807) is 0 Å². The molecule has 2 heteroatoms. The van der Waals surface area contributed by atoms with E-state index in [4.69, 9.17) is 0 Å². The molecule has 0 aromatic rings. The van der Waals surface area contributed by atoms with Crippen molar-refractivity contribution in [3.05, 3.63) is 24.3 Å². The molecular formula is C22H27NO. The number of hydrogen-bond donors (Lipinski definition) is 0. The highest BCUT2D eigenvalue weighted by Crippen LogP contribution is 2.74. The summed E-state index contributed by atoms with van der Waals surface area (Å²) in [6, 6.07) is 2.70. The van der Waals surface area contributed by atoms with Gasteiger partial charge in [0.1, 0.15) is 0 Å². The summed E-state index contributed by atoms with van der Waals surface area (Å²) in [6.45, 7) is 6.59. The van der Waals surface area contributed by atoms with Crippen molar-refractivity contribution in [2.24, 2.45) is 52.8 Å². The zero-order chi connectivity index (χ0) is 16.6. The number of hydrogen-bond acceptors (Lipinski definition) is 2. The van der Waals surface area contributed by atoms with Gasteiger partial charge in [-0.1, -0.05) is 18.6 Å². The van der Waals surface area contributed by atoms with Gasteiger partial charge in [-0.3, -0.25) is 4.79 Å². The van der Waals surface area contributed by atoms with Crippen LogP contribution in [-0.4, -0.2) is 5.78 Å². The Kier molecular flexibility index (Phi) is 3.01. The van der Waals surface area contributed by atoms with Crippen molar-refractivity contribution in [2.75, 3.05) is 0 Å². The minimum Gasteiger partial charge on any atom is -0.295 e. The van der Waals surface area contributed by atoms with Crippen LogP contribution < -0.4 is 0 Å². The quantitative estimate of drug-likeness (QED) is 0.665. The van der Waals surface area contributed by atoms with Crippen LogP contribution in [0.5, 0.6) is 0 Å². The Morgan fingerprint density at radius 1 is 1.33 bits per heavy atom. The van der Waals surface area contributed by atoms with Crippen molar-refractivity contribution in [3.63, 3.8) is 0 Å².